The average molecular weight is 462 g/mol. The third-order valence-corrected chi connectivity index (χ3v) is 4.61. The first kappa shape index (κ1) is 22.1. The molecule has 2 amide bonds. The van der Waals surface area contributed by atoms with Gasteiger partial charge in [0.05, 0.1) is 16.0 Å². The van der Waals surface area contributed by atoms with Gasteiger partial charge in [0.15, 0.2) is 0 Å². The lowest BCUT2D eigenvalue weighted by atomic mass is 10.2. The van der Waals surface area contributed by atoms with Gasteiger partial charge in [-0.05, 0) is 54.6 Å². The van der Waals surface area contributed by atoms with Gasteiger partial charge in [-0.3, -0.25) is 15.4 Å². The number of carboxylic acids is 1. The highest BCUT2D eigenvalue weighted by atomic mass is 19.1. The number of amides is 2. The van der Waals surface area contributed by atoms with E-state index in [1.54, 1.807) is 0 Å². The second kappa shape index (κ2) is 9.16. The van der Waals surface area contributed by atoms with E-state index in [-0.39, 0.29) is 23.0 Å². The summed E-state index contributed by atoms with van der Waals surface area (Å²) in [5, 5.41) is 28.5. The molecule has 0 unspecified atom stereocenters. The third kappa shape index (κ3) is 5.02. The third-order valence-electron chi connectivity index (χ3n) is 4.61. The van der Waals surface area contributed by atoms with E-state index in [0.29, 0.717) is 22.3 Å². The van der Waals surface area contributed by atoms with Crippen molar-refractivity contribution in [3.63, 3.8) is 0 Å². The highest BCUT2D eigenvalue weighted by Gasteiger charge is 2.15. The van der Waals surface area contributed by atoms with Crippen LogP contribution in [-0.4, -0.2) is 32.0 Å². The molecule has 3 aromatic carbocycles. The minimum atomic E-state index is -1.09. The van der Waals surface area contributed by atoms with Crippen molar-refractivity contribution in [3.8, 4) is 0 Å². The van der Waals surface area contributed by atoms with E-state index in [9.17, 15) is 24.1 Å². The lowest BCUT2D eigenvalue weighted by Crippen LogP contribution is -2.21. The molecular formula is C22H15FN6O5. The summed E-state index contributed by atoms with van der Waals surface area (Å²) in [5.41, 5.74) is 0.997. The van der Waals surface area contributed by atoms with Crippen LogP contribution in [0.4, 0.5) is 38.0 Å². The molecule has 1 heterocycles. The summed E-state index contributed by atoms with van der Waals surface area (Å²) in [6.07, 6.45) is 0. The van der Waals surface area contributed by atoms with Crippen LogP contribution in [0.3, 0.4) is 0 Å². The van der Waals surface area contributed by atoms with E-state index in [0.717, 1.165) is 0 Å². The number of anilines is 4. The Labute approximate surface area is 190 Å². The Morgan fingerprint density at radius 2 is 1.59 bits per heavy atom. The standard InChI is InChI=1S/C22H15FN6O5/c23-13-3-7-15(8-4-13)25-22(32)28-21-26-18-10-9-16(29(33)34)11-17(18)19(27-21)24-14-5-1-12(2-6-14)20(30)31/h1-11H,(H,30,31)(H3,24,25,26,27,28,32). The highest BCUT2D eigenvalue weighted by Crippen LogP contribution is 2.29. The molecule has 0 aliphatic carbocycles. The number of carbonyl (C=O) groups is 2. The number of hydrogen-bond acceptors (Lipinski definition) is 7. The van der Waals surface area contributed by atoms with Crippen molar-refractivity contribution in [1.82, 2.24) is 9.97 Å². The quantitative estimate of drug-likeness (QED) is 0.236. The molecular weight excluding hydrogens is 447 g/mol. The number of nitrogens with one attached hydrogen (secondary N) is 3. The molecule has 0 radical (unpaired) electrons. The van der Waals surface area contributed by atoms with Crippen LogP contribution in [0.1, 0.15) is 10.4 Å². The highest BCUT2D eigenvalue weighted by molar-refractivity contribution is 6.00. The zero-order valence-electron chi connectivity index (χ0n) is 17.2. The summed E-state index contributed by atoms with van der Waals surface area (Å²) in [5.74, 6) is -1.50. The molecule has 0 aliphatic heterocycles. The molecule has 0 saturated carbocycles. The number of nitrogens with zero attached hydrogens (tertiary/aromatic N) is 3. The second-order valence-electron chi connectivity index (χ2n) is 6.95. The van der Waals surface area contributed by atoms with E-state index < -0.39 is 22.7 Å². The van der Waals surface area contributed by atoms with Gasteiger partial charge in [-0.2, -0.15) is 4.98 Å². The number of rotatable bonds is 6. The van der Waals surface area contributed by atoms with Crippen LogP contribution in [0.15, 0.2) is 66.7 Å². The molecule has 4 aromatic rings. The number of aromatic carboxylic acids is 1. The minimum absolute atomic E-state index is 0.0774. The summed E-state index contributed by atoms with van der Waals surface area (Å²) in [6, 6.07) is 14.2. The van der Waals surface area contributed by atoms with Crippen LogP contribution in [0, 0.1) is 15.9 Å². The topological polar surface area (TPSA) is 159 Å². The van der Waals surface area contributed by atoms with Crippen LogP contribution in [0.2, 0.25) is 0 Å². The second-order valence-corrected chi connectivity index (χ2v) is 6.95. The predicted molar refractivity (Wildman–Crippen MR) is 122 cm³/mol. The number of benzene rings is 3. The van der Waals surface area contributed by atoms with Gasteiger partial charge in [-0.15, -0.1) is 0 Å². The number of urea groups is 1. The number of nitro groups is 1. The minimum Gasteiger partial charge on any atom is -0.478 e. The Balaban J connectivity index is 1.66. The molecule has 34 heavy (non-hydrogen) atoms. The van der Waals surface area contributed by atoms with Crippen molar-refractivity contribution in [2.75, 3.05) is 16.0 Å². The van der Waals surface area contributed by atoms with Crippen molar-refractivity contribution in [3.05, 3.63) is 88.2 Å². The molecule has 0 aliphatic rings. The van der Waals surface area contributed by atoms with Gasteiger partial charge in [0.1, 0.15) is 11.6 Å². The lowest BCUT2D eigenvalue weighted by molar-refractivity contribution is -0.384. The Bertz CT molecular complexity index is 1410. The van der Waals surface area contributed by atoms with E-state index in [1.165, 1.54) is 66.7 Å². The van der Waals surface area contributed by atoms with Gasteiger partial charge in [0.2, 0.25) is 5.95 Å². The largest absolute Gasteiger partial charge is 0.478 e. The molecule has 0 bridgehead atoms. The Hall–Kier alpha value is -5.13. The molecule has 0 spiro atoms. The van der Waals surface area contributed by atoms with Gasteiger partial charge >= 0.3 is 12.0 Å². The van der Waals surface area contributed by atoms with Crippen molar-refractivity contribution in [2.24, 2.45) is 0 Å². The fourth-order valence-corrected chi connectivity index (χ4v) is 3.01. The maximum Gasteiger partial charge on any atom is 0.335 e. The van der Waals surface area contributed by atoms with Gasteiger partial charge in [-0.25, -0.2) is 19.0 Å². The lowest BCUT2D eigenvalue weighted by Gasteiger charge is -2.12. The van der Waals surface area contributed by atoms with E-state index in [4.69, 9.17) is 5.11 Å². The zero-order valence-corrected chi connectivity index (χ0v) is 17.2. The average Bonchev–Trinajstić information content (AvgIpc) is 2.80. The smallest absolute Gasteiger partial charge is 0.335 e. The number of nitro benzene ring substituents is 1. The van der Waals surface area contributed by atoms with Crippen molar-refractivity contribution >= 4 is 51.7 Å². The first-order valence-corrected chi connectivity index (χ1v) is 9.68. The van der Waals surface area contributed by atoms with Crippen molar-refractivity contribution in [2.45, 2.75) is 0 Å². The molecule has 170 valence electrons. The fourth-order valence-electron chi connectivity index (χ4n) is 3.01. The summed E-state index contributed by atoms with van der Waals surface area (Å²) >= 11 is 0. The number of halogens is 1. The molecule has 0 saturated heterocycles. The normalized spacial score (nSPS) is 10.5. The molecule has 1 aromatic heterocycles. The van der Waals surface area contributed by atoms with Gasteiger partial charge in [0.25, 0.3) is 5.69 Å². The van der Waals surface area contributed by atoms with E-state index >= 15 is 0 Å². The first-order valence-electron chi connectivity index (χ1n) is 9.68. The number of hydrogen-bond donors (Lipinski definition) is 4. The van der Waals surface area contributed by atoms with Gasteiger partial charge in [0, 0.05) is 28.9 Å². The SMILES string of the molecule is O=C(Nc1ccc(F)cc1)Nc1nc(Nc2ccc(C(=O)O)cc2)c2cc([N+](=O)[O-])ccc2n1. The van der Waals surface area contributed by atoms with Crippen LogP contribution >= 0.6 is 0 Å². The summed E-state index contributed by atoms with van der Waals surface area (Å²) in [6.45, 7) is 0. The van der Waals surface area contributed by atoms with Crippen LogP contribution in [0.25, 0.3) is 10.9 Å². The van der Waals surface area contributed by atoms with Crippen LogP contribution in [-0.2, 0) is 0 Å². The van der Waals surface area contributed by atoms with Gasteiger partial charge < -0.3 is 15.7 Å². The zero-order chi connectivity index (χ0) is 24.2. The van der Waals surface area contributed by atoms with Crippen molar-refractivity contribution in [1.29, 1.82) is 0 Å². The van der Waals surface area contributed by atoms with Crippen LogP contribution < -0.4 is 16.0 Å². The monoisotopic (exact) mass is 462 g/mol. The molecule has 11 nitrogen and oxygen atoms in total. The maximum absolute atomic E-state index is 13.1. The molecule has 4 N–H and O–H groups in total. The van der Waals surface area contributed by atoms with Crippen molar-refractivity contribution < 1.29 is 24.0 Å². The maximum atomic E-state index is 13.1. The molecule has 4 rings (SSSR count). The number of carboxylic acid groups (broad SMARTS) is 1. The molecule has 0 fully saturated rings. The molecule has 12 heteroatoms. The number of aromatic nitrogens is 2. The summed E-state index contributed by atoms with van der Waals surface area (Å²) in [7, 11) is 0. The number of non-ortho nitro benzene ring substituents is 1. The Kier molecular flexibility index (Phi) is 5.95. The number of fused-ring (bicyclic) bond motifs is 1. The van der Waals surface area contributed by atoms with Gasteiger partial charge in [-0.1, -0.05) is 0 Å². The Morgan fingerprint density at radius 1 is 0.912 bits per heavy atom. The van der Waals surface area contributed by atoms with E-state index in [2.05, 4.69) is 25.9 Å². The number of carbonyl (C=O) groups excluding carboxylic acids is 1. The summed E-state index contributed by atoms with van der Waals surface area (Å²) < 4.78 is 13.1. The molecule has 0 atom stereocenters. The Morgan fingerprint density at radius 3 is 2.24 bits per heavy atom. The van der Waals surface area contributed by atoms with E-state index in [1.807, 2.05) is 0 Å². The summed E-state index contributed by atoms with van der Waals surface area (Å²) in [4.78, 5) is 42.6. The van der Waals surface area contributed by atoms with Crippen LogP contribution in [0.5, 0.6) is 0 Å². The predicted octanol–water partition coefficient (Wildman–Crippen LogP) is 4.76. The first-order chi connectivity index (χ1) is 16.3. The fraction of sp³-hybridized carbons (Fsp3) is 0.